The van der Waals surface area contributed by atoms with Gasteiger partial charge in [-0.25, -0.2) is 13.8 Å². The Morgan fingerprint density at radius 1 is 1.15 bits per heavy atom. The van der Waals surface area contributed by atoms with E-state index in [9.17, 15) is 8.78 Å². The predicted molar refractivity (Wildman–Crippen MR) is 74.8 cm³/mol. The molecule has 6 heteroatoms. The van der Waals surface area contributed by atoms with Crippen LogP contribution in [0.1, 0.15) is 18.5 Å². The molecule has 0 saturated carbocycles. The van der Waals surface area contributed by atoms with Crippen molar-refractivity contribution in [2.75, 3.05) is 24.3 Å². The van der Waals surface area contributed by atoms with Gasteiger partial charge in [0.2, 0.25) is 5.95 Å². The van der Waals surface area contributed by atoms with Crippen molar-refractivity contribution < 1.29 is 8.78 Å². The summed E-state index contributed by atoms with van der Waals surface area (Å²) in [6.45, 7) is 1.83. The lowest BCUT2D eigenvalue weighted by molar-refractivity contribution is 0.506. The molecule has 4 nitrogen and oxygen atoms in total. The summed E-state index contributed by atoms with van der Waals surface area (Å²) in [4.78, 5) is 10.3. The van der Waals surface area contributed by atoms with Crippen molar-refractivity contribution in [3.8, 4) is 0 Å². The summed E-state index contributed by atoms with van der Waals surface area (Å²) in [5, 5.41) is 3.06. The second-order valence-corrected chi connectivity index (χ2v) is 4.67. The first kappa shape index (κ1) is 14.2. The lowest BCUT2D eigenvalue weighted by Crippen LogP contribution is -2.14. The fourth-order valence-electron chi connectivity index (χ4n) is 1.73. The number of aromatic nitrogens is 2. The van der Waals surface area contributed by atoms with Crippen LogP contribution in [0.25, 0.3) is 0 Å². The largest absolute Gasteiger partial charge is 0.363 e. The Bertz CT molecular complexity index is 601. The van der Waals surface area contributed by atoms with E-state index in [0.717, 1.165) is 11.9 Å². The van der Waals surface area contributed by atoms with E-state index in [0.29, 0.717) is 11.5 Å². The second kappa shape index (κ2) is 5.81. The third-order valence-electron chi connectivity index (χ3n) is 2.89. The number of nitrogens with zero attached hydrogens (tertiary/aromatic N) is 3. The molecule has 0 bridgehead atoms. The molecule has 1 N–H and O–H groups in total. The lowest BCUT2D eigenvalue weighted by atomic mass is 10.1. The summed E-state index contributed by atoms with van der Waals surface area (Å²) >= 11 is 0. The van der Waals surface area contributed by atoms with Crippen LogP contribution in [0.4, 0.5) is 20.5 Å². The number of halogens is 2. The fraction of sp³-hybridized carbons (Fsp3) is 0.286. The summed E-state index contributed by atoms with van der Waals surface area (Å²) < 4.78 is 26.1. The van der Waals surface area contributed by atoms with E-state index in [4.69, 9.17) is 0 Å². The zero-order valence-electron chi connectivity index (χ0n) is 11.6. The molecule has 2 aromatic rings. The maximum Gasteiger partial charge on any atom is 0.225 e. The normalized spacial score (nSPS) is 12.1. The molecule has 0 aliphatic heterocycles. The number of benzene rings is 1. The molecule has 0 spiro atoms. The minimum Gasteiger partial charge on any atom is -0.363 e. The molecular formula is C14H16F2N4. The van der Waals surface area contributed by atoms with Crippen LogP contribution in [0.5, 0.6) is 0 Å². The van der Waals surface area contributed by atoms with Gasteiger partial charge in [-0.05, 0) is 30.7 Å². The van der Waals surface area contributed by atoms with Gasteiger partial charge in [0, 0.05) is 20.3 Å². The van der Waals surface area contributed by atoms with Crippen molar-refractivity contribution in [1.29, 1.82) is 0 Å². The van der Waals surface area contributed by atoms with E-state index < -0.39 is 11.6 Å². The first-order valence-electron chi connectivity index (χ1n) is 6.19. The highest BCUT2D eigenvalue weighted by molar-refractivity contribution is 5.42. The Hall–Kier alpha value is -2.24. The second-order valence-electron chi connectivity index (χ2n) is 4.67. The molecule has 0 aliphatic carbocycles. The van der Waals surface area contributed by atoms with Gasteiger partial charge in [-0.2, -0.15) is 4.98 Å². The first-order chi connectivity index (χ1) is 9.47. The van der Waals surface area contributed by atoms with Crippen molar-refractivity contribution in [1.82, 2.24) is 9.97 Å². The Morgan fingerprint density at radius 2 is 1.90 bits per heavy atom. The fourth-order valence-corrected chi connectivity index (χ4v) is 1.73. The Morgan fingerprint density at radius 3 is 2.55 bits per heavy atom. The van der Waals surface area contributed by atoms with E-state index in [-0.39, 0.29) is 6.04 Å². The minimum absolute atomic E-state index is 0.234. The molecule has 0 fully saturated rings. The third kappa shape index (κ3) is 3.20. The Kier molecular flexibility index (Phi) is 4.12. The van der Waals surface area contributed by atoms with Crippen LogP contribution in [-0.2, 0) is 0 Å². The molecule has 1 heterocycles. The smallest absolute Gasteiger partial charge is 0.225 e. The van der Waals surface area contributed by atoms with Gasteiger partial charge in [0.1, 0.15) is 5.82 Å². The monoisotopic (exact) mass is 278 g/mol. The molecule has 1 aromatic heterocycles. The van der Waals surface area contributed by atoms with E-state index in [1.807, 2.05) is 25.9 Å². The van der Waals surface area contributed by atoms with E-state index >= 15 is 0 Å². The Balaban J connectivity index is 2.16. The van der Waals surface area contributed by atoms with Crippen LogP contribution in [0.3, 0.4) is 0 Å². The molecular weight excluding hydrogens is 262 g/mol. The average Bonchev–Trinajstić information content (AvgIpc) is 2.42. The van der Waals surface area contributed by atoms with Gasteiger partial charge in [-0.15, -0.1) is 0 Å². The van der Waals surface area contributed by atoms with Crippen LogP contribution in [0, 0.1) is 11.6 Å². The van der Waals surface area contributed by atoms with Crippen molar-refractivity contribution in [3.05, 3.63) is 47.7 Å². The molecule has 106 valence electrons. The molecule has 0 radical (unpaired) electrons. The molecule has 0 amide bonds. The van der Waals surface area contributed by atoms with Crippen LogP contribution < -0.4 is 10.2 Å². The molecule has 1 unspecified atom stereocenters. The van der Waals surface area contributed by atoms with Crippen LogP contribution in [-0.4, -0.2) is 24.1 Å². The molecule has 1 aromatic carbocycles. The van der Waals surface area contributed by atoms with Crippen molar-refractivity contribution in [3.63, 3.8) is 0 Å². The van der Waals surface area contributed by atoms with E-state index in [2.05, 4.69) is 15.3 Å². The molecule has 2 rings (SSSR count). The SMILES string of the molecule is CC(Nc1nccc(N(C)C)n1)c1ccc(F)c(F)c1. The van der Waals surface area contributed by atoms with Gasteiger partial charge in [0.05, 0.1) is 6.04 Å². The maximum atomic E-state index is 13.2. The third-order valence-corrected chi connectivity index (χ3v) is 2.89. The number of hydrogen-bond donors (Lipinski definition) is 1. The van der Waals surface area contributed by atoms with Gasteiger partial charge in [-0.1, -0.05) is 6.07 Å². The zero-order chi connectivity index (χ0) is 14.7. The first-order valence-corrected chi connectivity index (χ1v) is 6.19. The van der Waals surface area contributed by atoms with Crippen molar-refractivity contribution in [2.24, 2.45) is 0 Å². The van der Waals surface area contributed by atoms with Gasteiger partial charge >= 0.3 is 0 Å². The summed E-state index contributed by atoms with van der Waals surface area (Å²) in [6, 6.07) is 5.37. The topological polar surface area (TPSA) is 41.1 Å². The number of nitrogens with one attached hydrogen (secondary N) is 1. The standard InChI is InChI=1S/C14H16F2N4/c1-9(10-4-5-11(15)12(16)8-10)18-14-17-7-6-13(19-14)20(2)3/h4-9H,1-3H3,(H,17,18,19). The predicted octanol–water partition coefficient (Wildman–Crippen LogP) is 2.99. The van der Waals surface area contributed by atoms with Crippen LogP contribution >= 0.6 is 0 Å². The summed E-state index contributed by atoms with van der Waals surface area (Å²) in [7, 11) is 3.76. The van der Waals surface area contributed by atoms with Gasteiger partial charge in [0.25, 0.3) is 0 Å². The highest BCUT2D eigenvalue weighted by Crippen LogP contribution is 2.20. The van der Waals surface area contributed by atoms with E-state index in [1.54, 1.807) is 12.3 Å². The molecule has 0 aliphatic rings. The lowest BCUT2D eigenvalue weighted by Gasteiger charge is -2.16. The van der Waals surface area contributed by atoms with Gasteiger partial charge in [-0.3, -0.25) is 0 Å². The van der Waals surface area contributed by atoms with Crippen LogP contribution in [0.15, 0.2) is 30.5 Å². The van der Waals surface area contributed by atoms with E-state index in [1.165, 1.54) is 12.1 Å². The van der Waals surface area contributed by atoms with Gasteiger partial charge < -0.3 is 10.2 Å². The van der Waals surface area contributed by atoms with Crippen LogP contribution in [0.2, 0.25) is 0 Å². The molecule has 0 saturated heterocycles. The quantitative estimate of drug-likeness (QED) is 0.933. The highest BCUT2D eigenvalue weighted by atomic mass is 19.2. The minimum atomic E-state index is -0.862. The number of hydrogen-bond acceptors (Lipinski definition) is 4. The van der Waals surface area contributed by atoms with Crippen molar-refractivity contribution >= 4 is 11.8 Å². The van der Waals surface area contributed by atoms with Crippen molar-refractivity contribution in [2.45, 2.75) is 13.0 Å². The number of rotatable bonds is 4. The number of anilines is 2. The highest BCUT2D eigenvalue weighted by Gasteiger charge is 2.11. The summed E-state index contributed by atoms with van der Waals surface area (Å²) in [5.41, 5.74) is 0.628. The zero-order valence-corrected chi connectivity index (χ0v) is 11.6. The molecule has 20 heavy (non-hydrogen) atoms. The Labute approximate surface area is 116 Å². The summed E-state index contributed by atoms with van der Waals surface area (Å²) in [6.07, 6.45) is 1.64. The maximum absolute atomic E-state index is 13.2. The average molecular weight is 278 g/mol. The molecule has 1 atom stereocenters. The summed E-state index contributed by atoms with van der Waals surface area (Å²) in [5.74, 6) is -0.515. The van der Waals surface area contributed by atoms with Gasteiger partial charge in [0.15, 0.2) is 11.6 Å².